The van der Waals surface area contributed by atoms with Crippen molar-refractivity contribution >= 4 is 35.5 Å². The number of hydrogen-bond acceptors (Lipinski definition) is 17. The molecule has 2 saturated heterocycles. The third-order valence-electron chi connectivity index (χ3n) is 8.80. The van der Waals surface area contributed by atoms with Crippen LogP contribution in [-0.4, -0.2) is 173 Å². The van der Waals surface area contributed by atoms with E-state index in [0.29, 0.717) is 0 Å². The quantitative estimate of drug-likeness (QED) is 0.0407. The summed E-state index contributed by atoms with van der Waals surface area (Å²) in [7, 11) is 0. The molecule has 2 fully saturated rings. The van der Waals surface area contributed by atoms with Crippen molar-refractivity contribution in [3.8, 4) is 0 Å². The molecule has 11 N–H and O–H groups in total. The summed E-state index contributed by atoms with van der Waals surface area (Å²) in [6, 6.07) is 5.03. The van der Waals surface area contributed by atoms with Crippen LogP contribution in [0, 0.1) is 0 Å². The molecule has 0 radical (unpaired) electrons. The molecule has 11 atom stereocenters. The summed E-state index contributed by atoms with van der Waals surface area (Å²) in [6.45, 7) is -0.912. The molecule has 3 rings (SSSR count). The minimum atomic E-state index is -1.62. The van der Waals surface area contributed by atoms with E-state index in [4.69, 9.17) is 23.7 Å². The number of amides is 5. The minimum absolute atomic E-state index is 0.00597. The maximum atomic E-state index is 13.2. The third-order valence-corrected chi connectivity index (χ3v) is 8.80. The monoisotopic (exact) mass is 815 g/mol. The highest BCUT2D eigenvalue weighted by atomic mass is 16.7. The molecule has 320 valence electrons. The summed E-state index contributed by atoms with van der Waals surface area (Å²) in [4.78, 5) is 74.4. The summed E-state index contributed by atoms with van der Waals surface area (Å²) in [5, 5.41) is 72.5. The van der Waals surface area contributed by atoms with Crippen molar-refractivity contribution in [2.24, 2.45) is 0 Å². The Morgan fingerprint density at radius 2 is 1.25 bits per heavy atom. The normalized spacial score (nSPS) is 27.6. The Morgan fingerprint density at radius 3 is 1.75 bits per heavy atom. The first-order valence-corrected chi connectivity index (χ1v) is 18.2. The Bertz CT molecular complexity index is 1470. The Labute approximate surface area is 327 Å². The molecule has 0 unspecified atom stereocenters. The van der Waals surface area contributed by atoms with Crippen molar-refractivity contribution in [3.63, 3.8) is 0 Å². The fourth-order valence-electron chi connectivity index (χ4n) is 5.87. The van der Waals surface area contributed by atoms with Gasteiger partial charge in [-0.25, -0.2) is 0 Å². The number of benzene rings is 1. The van der Waals surface area contributed by atoms with Crippen molar-refractivity contribution in [1.82, 2.24) is 26.6 Å². The van der Waals surface area contributed by atoms with Crippen molar-refractivity contribution in [2.75, 3.05) is 39.5 Å². The lowest BCUT2D eigenvalue weighted by molar-refractivity contribution is -0.268. The van der Waals surface area contributed by atoms with Gasteiger partial charge in [0.05, 0.1) is 13.2 Å². The molecule has 0 aromatic heterocycles. The van der Waals surface area contributed by atoms with E-state index in [-0.39, 0.29) is 32.4 Å². The summed E-state index contributed by atoms with van der Waals surface area (Å²) in [5.74, 6) is -4.15. The van der Waals surface area contributed by atoms with E-state index in [2.05, 4.69) is 26.6 Å². The topological polar surface area (TPSA) is 330 Å². The molecule has 2 aliphatic rings. The van der Waals surface area contributed by atoms with E-state index in [9.17, 15) is 59.4 Å². The molecule has 1 aromatic rings. The molecule has 1 aromatic carbocycles. The van der Waals surface area contributed by atoms with Crippen LogP contribution in [0.5, 0.6) is 0 Å². The first kappa shape index (κ1) is 47.0. The first-order valence-electron chi connectivity index (χ1n) is 18.2. The molecule has 2 heterocycles. The largest absolute Gasteiger partial charge is 0.460 e. The van der Waals surface area contributed by atoms with Gasteiger partial charge in [0.1, 0.15) is 81.1 Å². The zero-order valence-corrected chi connectivity index (χ0v) is 31.5. The first-order chi connectivity index (χ1) is 27.1. The number of aliphatic hydroxyl groups is 6. The highest BCUT2D eigenvalue weighted by Crippen LogP contribution is 2.23. The molecule has 0 bridgehead atoms. The number of rotatable bonds is 21. The van der Waals surface area contributed by atoms with Gasteiger partial charge in [-0.05, 0) is 24.8 Å². The molecule has 57 heavy (non-hydrogen) atoms. The Balaban J connectivity index is 1.54. The van der Waals surface area contributed by atoms with E-state index < -0.39 is 136 Å². The van der Waals surface area contributed by atoms with Gasteiger partial charge >= 0.3 is 5.97 Å². The molecular formula is C35H53N5O17. The SMILES string of the molecule is CC(=O)N[C@@H]1[C@H](OCC(=O)NCCCC[C@H](NC(=O)CO[C@@H]2O[C@H](CO)[C@@H](O)[C@H](O)[C@@H]2NC(C)=O)C(=O)NCC(=O)OCc2ccccc2)O[C@H](CO)[C@@H](O)[C@@H]1O. The van der Waals surface area contributed by atoms with E-state index in [1.165, 1.54) is 6.92 Å². The lowest BCUT2D eigenvalue weighted by Crippen LogP contribution is -2.64. The molecule has 2 aliphatic heterocycles. The molecule has 0 spiro atoms. The molecule has 5 amide bonds. The second-order valence-corrected chi connectivity index (χ2v) is 13.3. The number of aliphatic hydroxyl groups excluding tert-OH is 6. The van der Waals surface area contributed by atoms with Gasteiger partial charge in [-0.3, -0.25) is 28.8 Å². The summed E-state index contributed by atoms with van der Waals surface area (Å²) in [6.07, 6.45) is -11.2. The van der Waals surface area contributed by atoms with E-state index in [0.717, 1.165) is 12.5 Å². The molecule has 22 nitrogen and oxygen atoms in total. The van der Waals surface area contributed by atoms with Gasteiger partial charge in [0.25, 0.3) is 0 Å². The predicted molar refractivity (Wildman–Crippen MR) is 191 cm³/mol. The van der Waals surface area contributed by atoms with Crippen molar-refractivity contribution in [3.05, 3.63) is 35.9 Å². The predicted octanol–water partition coefficient (Wildman–Crippen LogP) is -5.46. The molecule has 22 heteroatoms. The van der Waals surface area contributed by atoms with E-state index >= 15 is 0 Å². The maximum Gasteiger partial charge on any atom is 0.325 e. The Morgan fingerprint density at radius 1 is 0.719 bits per heavy atom. The Hall–Kier alpha value is -4.36. The lowest BCUT2D eigenvalue weighted by Gasteiger charge is -2.42. The maximum absolute atomic E-state index is 13.2. The van der Waals surface area contributed by atoms with Gasteiger partial charge in [0, 0.05) is 20.4 Å². The van der Waals surface area contributed by atoms with Gasteiger partial charge in [-0.15, -0.1) is 0 Å². The van der Waals surface area contributed by atoms with Crippen LogP contribution in [0.1, 0.15) is 38.7 Å². The van der Waals surface area contributed by atoms with Crippen LogP contribution in [0.3, 0.4) is 0 Å². The number of unbranched alkanes of at least 4 members (excludes halogenated alkanes) is 1. The zero-order chi connectivity index (χ0) is 42.1. The standard InChI is InChI=1S/C35H53N5O17/c1-18(43)38-27-31(50)29(48)22(13-41)56-34(27)54-16-24(45)36-11-7-6-10-21(33(52)37-12-26(47)53-15-20-8-4-3-5-9-20)40-25(46)17-55-35-28(39-19(2)44)32(51)30(49)23(14-42)57-35/h3-5,8-9,21-23,27-32,34-35,41-42,48-51H,6-7,10-17H2,1-2H3,(H,36,45)(H,37,52)(H,38,43)(H,39,44)(H,40,46)/t21-,22+,23+,27-,28-,29+,30+,31+,32+,34+,35+/m0/s1. The number of hydrogen-bond donors (Lipinski definition) is 11. The molecule has 0 saturated carbocycles. The second kappa shape index (κ2) is 23.8. The van der Waals surface area contributed by atoms with Gasteiger partial charge in [0.15, 0.2) is 12.6 Å². The summed E-state index contributed by atoms with van der Waals surface area (Å²) >= 11 is 0. The highest BCUT2D eigenvalue weighted by Gasteiger charge is 2.46. The fraction of sp³-hybridized carbons (Fsp3) is 0.657. The number of nitrogens with one attached hydrogen (secondary N) is 5. The zero-order valence-electron chi connectivity index (χ0n) is 31.5. The van der Waals surface area contributed by atoms with Crippen LogP contribution < -0.4 is 26.6 Å². The van der Waals surface area contributed by atoms with Crippen LogP contribution in [0.15, 0.2) is 30.3 Å². The van der Waals surface area contributed by atoms with E-state index in [1.807, 2.05) is 0 Å². The average Bonchev–Trinajstić information content (AvgIpc) is 3.18. The lowest BCUT2D eigenvalue weighted by atomic mass is 9.97. The van der Waals surface area contributed by atoms with Crippen LogP contribution in [-0.2, 0) is 59.1 Å². The van der Waals surface area contributed by atoms with Crippen LogP contribution in [0.4, 0.5) is 0 Å². The van der Waals surface area contributed by atoms with Crippen LogP contribution in [0.25, 0.3) is 0 Å². The van der Waals surface area contributed by atoms with Gasteiger partial charge in [0.2, 0.25) is 29.5 Å². The number of carbonyl (C=O) groups excluding carboxylic acids is 6. The number of carbonyl (C=O) groups is 6. The average molecular weight is 816 g/mol. The van der Waals surface area contributed by atoms with Crippen LogP contribution in [0.2, 0.25) is 0 Å². The van der Waals surface area contributed by atoms with Gasteiger partial charge in [-0.1, -0.05) is 30.3 Å². The highest BCUT2D eigenvalue weighted by molar-refractivity contribution is 5.90. The summed E-state index contributed by atoms with van der Waals surface area (Å²) in [5.41, 5.74) is 0.724. The van der Waals surface area contributed by atoms with Crippen LogP contribution >= 0.6 is 0 Å². The fourth-order valence-corrected chi connectivity index (χ4v) is 5.87. The third kappa shape index (κ3) is 15.2. The number of ether oxygens (including phenoxy) is 5. The Kier molecular flexibility index (Phi) is 19.6. The summed E-state index contributed by atoms with van der Waals surface area (Å²) < 4.78 is 27.0. The minimum Gasteiger partial charge on any atom is -0.460 e. The smallest absolute Gasteiger partial charge is 0.325 e. The van der Waals surface area contributed by atoms with Gasteiger partial charge in [-0.2, -0.15) is 0 Å². The molecular weight excluding hydrogens is 762 g/mol. The second-order valence-electron chi connectivity index (χ2n) is 13.3. The molecule has 0 aliphatic carbocycles. The number of esters is 1. The van der Waals surface area contributed by atoms with Crippen molar-refractivity contribution in [2.45, 2.75) is 107 Å². The van der Waals surface area contributed by atoms with Crippen molar-refractivity contribution < 1.29 is 83.1 Å². The van der Waals surface area contributed by atoms with Gasteiger partial charge < -0.3 is 80.9 Å². The van der Waals surface area contributed by atoms with Crippen molar-refractivity contribution in [1.29, 1.82) is 0 Å². The van der Waals surface area contributed by atoms with E-state index in [1.54, 1.807) is 30.3 Å².